The topological polar surface area (TPSA) is 65.7 Å². The highest BCUT2D eigenvalue weighted by Crippen LogP contribution is 2.55. The maximum atomic E-state index is 13.3. The second-order valence-corrected chi connectivity index (χ2v) is 6.27. The summed E-state index contributed by atoms with van der Waals surface area (Å²) in [5, 5.41) is 4.08. The summed E-state index contributed by atoms with van der Waals surface area (Å²) in [7, 11) is 0. The molecule has 1 aliphatic heterocycles. The summed E-state index contributed by atoms with van der Waals surface area (Å²) in [4.78, 5) is 16.4. The molecule has 0 bridgehead atoms. The van der Waals surface area contributed by atoms with E-state index in [1.165, 1.54) is 10.7 Å². The van der Waals surface area contributed by atoms with Gasteiger partial charge in [-0.25, -0.2) is 23.1 Å². The summed E-state index contributed by atoms with van der Waals surface area (Å²) in [6, 6.07) is 0. The average molecular weight is 323 g/mol. The van der Waals surface area contributed by atoms with E-state index >= 15 is 0 Å². The molecule has 0 atom stereocenters. The Morgan fingerprint density at radius 1 is 1.48 bits per heavy atom. The van der Waals surface area contributed by atoms with Gasteiger partial charge in [-0.15, -0.1) is 0 Å². The van der Waals surface area contributed by atoms with Gasteiger partial charge in [0.05, 0.1) is 31.3 Å². The van der Waals surface area contributed by atoms with E-state index in [-0.39, 0.29) is 31.6 Å². The first-order chi connectivity index (χ1) is 10.9. The molecule has 2 aromatic heterocycles. The molecule has 3 heterocycles. The second kappa shape index (κ2) is 4.62. The number of hydrogen-bond acceptors (Lipinski definition) is 5. The molecule has 0 aromatic carbocycles. The van der Waals surface area contributed by atoms with Crippen molar-refractivity contribution in [1.29, 1.82) is 0 Å². The van der Waals surface area contributed by atoms with Gasteiger partial charge >= 0.3 is 5.97 Å². The van der Waals surface area contributed by atoms with Crippen molar-refractivity contribution in [2.75, 3.05) is 13.2 Å². The Labute approximate surface area is 130 Å². The van der Waals surface area contributed by atoms with Crippen LogP contribution < -0.4 is 4.74 Å². The first-order valence-corrected chi connectivity index (χ1v) is 7.46. The van der Waals surface area contributed by atoms with Crippen LogP contribution in [0.15, 0.2) is 12.4 Å². The van der Waals surface area contributed by atoms with Gasteiger partial charge in [0.1, 0.15) is 5.56 Å². The van der Waals surface area contributed by atoms with E-state index in [0.29, 0.717) is 23.5 Å². The van der Waals surface area contributed by atoms with E-state index in [0.717, 1.165) is 0 Å². The van der Waals surface area contributed by atoms with Crippen LogP contribution in [-0.4, -0.2) is 39.7 Å². The molecule has 0 amide bonds. The van der Waals surface area contributed by atoms with Crippen LogP contribution in [0, 0.1) is 5.41 Å². The molecule has 4 rings (SSSR count). The molecule has 0 N–H and O–H groups in total. The minimum atomic E-state index is -2.61. The Bertz CT molecular complexity index is 795. The van der Waals surface area contributed by atoms with Crippen LogP contribution in [0.2, 0.25) is 0 Å². The van der Waals surface area contributed by atoms with Crippen LogP contribution in [0.25, 0.3) is 5.65 Å². The molecule has 23 heavy (non-hydrogen) atoms. The van der Waals surface area contributed by atoms with Gasteiger partial charge in [-0.05, 0) is 6.92 Å². The highest BCUT2D eigenvalue weighted by atomic mass is 19.3. The van der Waals surface area contributed by atoms with E-state index in [1.807, 2.05) is 0 Å². The number of halogens is 2. The Hall–Kier alpha value is -2.25. The van der Waals surface area contributed by atoms with Gasteiger partial charge in [-0.2, -0.15) is 5.10 Å². The fraction of sp³-hybridized carbons (Fsp3) is 0.533. The molecule has 0 saturated heterocycles. The second-order valence-electron chi connectivity index (χ2n) is 6.27. The lowest BCUT2D eigenvalue weighted by Crippen LogP contribution is -2.52. The van der Waals surface area contributed by atoms with Gasteiger partial charge < -0.3 is 9.47 Å². The average Bonchev–Trinajstić information content (AvgIpc) is 2.86. The van der Waals surface area contributed by atoms with Crippen molar-refractivity contribution in [1.82, 2.24) is 14.6 Å². The first kappa shape index (κ1) is 14.3. The fourth-order valence-electron chi connectivity index (χ4n) is 3.44. The SMILES string of the molecule is CCOC(=O)c1cnn2cc3c(nc12)CC1(CO3)CC(F)(F)C1. The molecule has 1 fully saturated rings. The Morgan fingerprint density at radius 2 is 2.26 bits per heavy atom. The van der Waals surface area contributed by atoms with Gasteiger partial charge in [0, 0.05) is 24.7 Å². The summed E-state index contributed by atoms with van der Waals surface area (Å²) >= 11 is 0. The molecule has 1 saturated carbocycles. The molecule has 1 aliphatic carbocycles. The molecular formula is C15H15F2N3O3. The predicted molar refractivity (Wildman–Crippen MR) is 74.8 cm³/mol. The van der Waals surface area contributed by atoms with Crippen molar-refractivity contribution in [3.63, 3.8) is 0 Å². The molecule has 8 heteroatoms. The third-order valence-corrected chi connectivity index (χ3v) is 4.37. The molecule has 2 aromatic rings. The van der Waals surface area contributed by atoms with E-state index in [9.17, 15) is 13.6 Å². The Kier molecular flexibility index (Phi) is 2.88. The maximum Gasteiger partial charge on any atom is 0.343 e. The van der Waals surface area contributed by atoms with Crippen LogP contribution >= 0.6 is 0 Å². The zero-order chi connectivity index (χ0) is 16.2. The molecular weight excluding hydrogens is 308 g/mol. The number of esters is 1. The summed E-state index contributed by atoms with van der Waals surface area (Å²) in [6.07, 6.45) is 3.07. The Morgan fingerprint density at radius 3 is 2.96 bits per heavy atom. The van der Waals surface area contributed by atoms with Crippen molar-refractivity contribution in [2.45, 2.75) is 32.1 Å². The van der Waals surface area contributed by atoms with Crippen LogP contribution in [0.5, 0.6) is 5.75 Å². The number of fused-ring (bicyclic) bond motifs is 2. The zero-order valence-electron chi connectivity index (χ0n) is 12.5. The molecule has 0 radical (unpaired) electrons. The number of ether oxygens (including phenoxy) is 2. The summed E-state index contributed by atoms with van der Waals surface area (Å²) < 4.78 is 38.5. The summed E-state index contributed by atoms with van der Waals surface area (Å²) in [5.74, 6) is -2.59. The zero-order valence-corrected chi connectivity index (χ0v) is 12.5. The van der Waals surface area contributed by atoms with Crippen LogP contribution in [0.4, 0.5) is 8.78 Å². The van der Waals surface area contributed by atoms with Crippen LogP contribution in [0.1, 0.15) is 35.8 Å². The van der Waals surface area contributed by atoms with E-state index in [2.05, 4.69) is 10.1 Å². The van der Waals surface area contributed by atoms with Gasteiger partial charge in [0.2, 0.25) is 5.92 Å². The van der Waals surface area contributed by atoms with Gasteiger partial charge in [-0.1, -0.05) is 0 Å². The van der Waals surface area contributed by atoms with Gasteiger partial charge in [-0.3, -0.25) is 0 Å². The normalized spacial score (nSPS) is 20.7. The van der Waals surface area contributed by atoms with Gasteiger partial charge in [0.15, 0.2) is 11.4 Å². The number of aromatic nitrogens is 3. The van der Waals surface area contributed by atoms with Crippen molar-refractivity contribution in [2.24, 2.45) is 5.41 Å². The minimum absolute atomic E-state index is 0.184. The number of carbonyl (C=O) groups excluding carboxylic acids is 1. The minimum Gasteiger partial charge on any atom is -0.489 e. The lowest BCUT2D eigenvalue weighted by Gasteiger charge is -2.48. The fourth-order valence-corrected chi connectivity index (χ4v) is 3.44. The smallest absolute Gasteiger partial charge is 0.343 e. The van der Waals surface area contributed by atoms with E-state index in [4.69, 9.17) is 9.47 Å². The number of rotatable bonds is 2. The first-order valence-electron chi connectivity index (χ1n) is 7.46. The predicted octanol–water partition coefficient (Wildman–Crippen LogP) is 2.26. The highest BCUT2D eigenvalue weighted by Gasteiger charge is 2.58. The monoisotopic (exact) mass is 323 g/mol. The quantitative estimate of drug-likeness (QED) is 0.793. The lowest BCUT2D eigenvalue weighted by atomic mass is 9.63. The third-order valence-electron chi connectivity index (χ3n) is 4.37. The molecule has 0 unspecified atom stereocenters. The number of alkyl halides is 2. The van der Waals surface area contributed by atoms with Crippen molar-refractivity contribution in [3.05, 3.63) is 23.7 Å². The van der Waals surface area contributed by atoms with Crippen molar-refractivity contribution < 1.29 is 23.0 Å². The lowest BCUT2D eigenvalue weighted by molar-refractivity contribution is -0.176. The Balaban J connectivity index is 1.70. The number of nitrogens with zero attached hydrogens (tertiary/aromatic N) is 3. The van der Waals surface area contributed by atoms with Gasteiger partial charge in [0.25, 0.3) is 0 Å². The molecule has 6 nitrogen and oxygen atoms in total. The largest absolute Gasteiger partial charge is 0.489 e. The highest BCUT2D eigenvalue weighted by molar-refractivity contribution is 5.95. The van der Waals surface area contributed by atoms with Crippen LogP contribution in [-0.2, 0) is 11.2 Å². The molecule has 1 spiro atoms. The van der Waals surface area contributed by atoms with E-state index in [1.54, 1.807) is 13.1 Å². The molecule has 2 aliphatic rings. The van der Waals surface area contributed by atoms with Crippen molar-refractivity contribution >= 4 is 11.6 Å². The summed E-state index contributed by atoms with van der Waals surface area (Å²) in [5.41, 5.74) is 0.652. The maximum absolute atomic E-state index is 13.3. The standard InChI is InChI=1S/C15H15F2N3O3/c1-2-22-13(21)9-4-18-20-5-11-10(19-12(9)20)3-14(8-23-11)6-15(16,17)7-14/h4-5H,2-3,6-8H2,1H3. The third kappa shape index (κ3) is 2.24. The summed E-state index contributed by atoms with van der Waals surface area (Å²) in [6.45, 7) is 2.23. The number of hydrogen-bond donors (Lipinski definition) is 0. The van der Waals surface area contributed by atoms with Crippen LogP contribution in [0.3, 0.4) is 0 Å². The van der Waals surface area contributed by atoms with Crippen molar-refractivity contribution in [3.8, 4) is 5.75 Å². The van der Waals surface area contributed by atoms with E-state index < -0.39 is 17.3 Å². The number of carbonyl (C=O) groups is 1. The molecule has 122 valence electrons.